The Morgan fingerprint density at radius 3 is 1.88 bits per heavy atom. The zero-order chi connectivity index (χ0) is 17.1. The van der Waals surface area contributed by atoms with E-state index in [1.54, 1.807) is 0 Å². The van der Waals surface area contributed by atoms with E-state index in [0.717, 1.165) is 12.8 Å². The molecule has 1 heterocycles. The molecular formula is C19H31LiO4. The molecule has 0 unspecified atom stereocenters. The second kappa shape index (κ2) is 13.6. The Morgan fingerprint density at radius 2 is 1.42 bits per heavy atom. The van der Waals surface area contributed by atoms with Crippen LogP contribution in [0.1, 0.15) is 90.9 Å². The molecule has 132 valence electrons. The van der Waals surface area contributed by atoms with Gasteiger partial charge < -0.3 is 14.6 Å². The number of esters is 1. The van der Waals surface area contributed by atoms with E-state index >= 15 is 0 Å². The average Bonchev–Trinajstić information content (AvgIpc) is 2.79. The SMILES string of the molecule is CCCCCCCCCCCCC[C@@H]1OC(=O)C(C)=C1C(=O)[O-].[Li+]. The maximum Gasteiger partial charge on any atom is 1.00 e. The van der Waals surface area contributed by atoms with Crippen LogP contribution in [0, 0.1) is 0 Å². The monoisotopic (exact) mass is 330 g/mol. The van der Waals surface area contributed by atoms with Crippen molar-refractivity contribution >= 4 is 11.9 Å². The molecule has 4 nitrogen and oxygen atoms in total. The van der Waals surface area contributed by atoms with Crippen molar-refractivity contribution in [3.05, 3.63) is 11.1 Å². The number of carbonyl (C=O) groups is 2. The Labute approximate surface area is 158 Å². The van der Waals surface area contributed by atoms with Crippen molar-refractivity contribution < 1.29 is 38.3 Å². The molecule has 0 amide bonds. The van der Waals surface area contributed by atoms with Gasteiger partial charge in [0.05, 0.1) is 5.97 Å². The average molecular weight is 330 g/mol. The predicted octanol–water partition coefficient (Wildman–Crippen LogP) is 0.683. The van der Waals surface area contributed by atoms with Crippen LogP contribution in [0.3, 0.4) is 0 Å². The molecule has 0 saturated heterocycles. The van der Waals surface area contributed by atoms with Crippen LogP contribution in [-0.4, -0.2) is 18.0 Å². The standard InChI is InChI=1S/C19H32O4.Li/c1-3-4-5-6-7-8-9-10-11-12-13-14-16-17(18(20)21)15(2)19(22)23-16;/h16H,3-14H2,1-2H3,(H,20,21);/q;+1/p-1/t16-;/m0./s1. The molecule has 0 aromatic carbocycles. The van der Waals surface area contributed by atoms with Crippen molar-refractivity contribution in [1.82, 2.24) is 0 Å². The van der Waals surface area contributed by atoms with Gasteiger partial charge in [0.15, 0.2) is 0 Å². The minimum atomic E-state index is -1.28. The number of carbonyl (C=O) groups excluding carboxylic acids is 2. The molecule has 0 aliphatic carbocycles. The minimum absolute atomic E-state index is 0. The molecule has 1 aliphatic heterocycles. The first-order valence-electron chi connectivity index (χ1n) is 9.21. The summed E-state index contributed by atoms with van der Waals surface area (Å²) in [6.45, 7) is 3.73. The Morgan fingerprint density at radius 1 is 0.958 bits per heavy atom. The van der Waals surface area contributed by atoms with Gasteiger partial charge >= 0.3 is 24.8 Å². The van der Waals surface area contributed by atoms with Crippen molar-refractivity contribution in [2.45, 2.75) is 97.0 Å². The summed E-state index contributed by atoms with van der Waals surface area (Å²) in [5, 5.41) is 11.1. The summed E-state index contributed by atoms with van der Waals surface area (Å²) >= 11 is 0. The molecule has 1 rings (SSSR count). The summed E-state index contributed by atoms with van der Waals surface area (Å²) in [6.07, 6.45) is 13.7. The number of hydrogen-bond acceptors (Lipinski definition) is 4. The molecular weight excluding hydrogens is 299 g/mol. The number of ether oxygens (including phenoxy) is 1. The summed E-state index contributed by atoms with van der Waals surface area (Å²) in [7, 11) is 0. The van der Waals surface area contributed by atoms with Gasteiger partial charge in [-0.2, -0.15) is 0 Å². The van der Waals surface area contributed by atoms with Gasteiger partial charge in [-0.05, 0) is 19.8 Å². The first kappa shape index (κ1) is 23.3. The molecule has 0 bridgehead atoms. The van der Waals surface area contributed by atoms with E-state index in [4.69, 9.17) is 4.74 Å². The summed E-state index contributed by atoms with van der Waals surface area (Å²) in [4.78, 5) is 22.5. The van der Waals surface area contributed by atoms with E-state index in [2.05, 4.69) is 6.92 Å². The van der Waals surface area contributed by atoms with Crippen LogP contribution < -0.4 is 24.0 Å². The van der Waals surface area contributed by atoms with Crippen LogP contribution in [0.15, 0.2) is 11.1 Å². The predicted molar refractivity (Wildman–Crippen MR) is 88.7 cm³/mol. The van der Waals surface area contributed by atoms with Gasteiger partial charge in [-0.15, -0.1) is 0 Å². The summed E-state index contributed by atoms with van der Waals surface area (Å²) in [5.41, 5.74) is 0.236. The quantitative estimate of drug-likeness (QED) is 0.283. The van der Waals surface area contributed by atoms with E-state index in [0.29, 0.717) is 6.42 Å². The number of carboxylic acid groups (broad SMARTS) is 1. The fourth-order valence-corrected chi connectivity index (χ4v) is 3.11. The van der Waals surface area contributed by atoms with Crippen LogP contribution in [0.4, 0.5) is 0 Å². The number of unbranched alkanes of at least 4 members (excludes halogenated alkanes) is 10. The van der Waals surface area contributed by atoms with E-state index in [1.165, 1.54) is 64.7 Å². The second-order valence-electron chi connectivity index (χ2n) is 6.54. The topological polar surface area (TPSA) is 66.4 Å². The Balaban J connectivity index is 0.00000529. The molecule has 0 radical (unpaired) electrons. The number of hydrogen-bond donors (Lipinski definition) is 0. The third-order valence-electron chi connectivity index (χ3n) is 4.57. The van der Waals surface area contributed by atoms with Crippen LogP contribution in [0.5, 0.6) is 0 Å². The molecule has 0 saturated carbocycles. The third kappa shape index (κ3) is 8.40. The van der Waals surface area contributed by atoms with Crippen LogP contribution in [0.25, 0.3) is 0 Å². The fraction of sp³-hybridized carbons (Fsp3) is 0.789. The van der Waals surface area contributed by atoms with Gasteiger partial charge in [0.25, 0.3) is 0 Å². The number of aliphatic carboxylic acids is 1. The zero-order valence-corrected chi connectivity index (χ0v) is 15.7. The van der Waals surface area contributed by atoms with Crippen molar-refractivity contribution in [1.29, 1.82) is 0 Å². The summed E-state index contributed by atoms with van der Waals surface area (Å²) < 4.78 is 5.11. The van der Waals surface area contributed by atoms with Gasteiger partial charge in [-0.25, -0.2) is 4.79 Å². The summed E-state index contributed by atoms with van der Waals surface area (Å²) in [6, 6.07) is 0. The number of rotatable bonds is 13. The largest absolute Gasteiger partial charge is 1.00 e. The van der Waals surface area contributed by atoms with Crippen molar-refractivity contribution in [2.24, 2.45) is 0 Å². The summed E-state index contributed by atoms with van der Waals surface area (Å²) in [5.74, 6) is -1.79. The molecule has 0 N–H and O–H groups in total. The van der Waals surface area contributed by atoms with Crippen LogP contribution >= 0.6 is 0 Å². The molecule has 1 aliphatic rings. The Bertz CT molecular complexity index is 418. The van der Waals surface area contributed by atoms with Crippen LogP contribution in [0.2, 0.25) is 0 Å². The number of carboxylic acids is 1. The molecule has 0 aromatic heterocycles. The molecule has 0 spiro atoms. The maximum atomic E-state index is 11.4. The first-order chi connectivity index (χ1) is 11.1. The smallest absolute Gasteiger partial charge is 0.545 e. The Kier molecular flexibility index (Phi) is 13.1. The van der Waals surface area contributed by atoms with E-state index in [-0.39, 0.29) is 30.0 Å². The number of cyclic esters (lactones) is 1. The van der Waals surface area contributed by atoms with Gasteiger partial charge in [0.2, 0.25) is 0 Å². The van der Waals surface area contributed by atoms with Crippen molar-refractivity contribution in [3.63, 3.8) is 0 Å². The van der Waals surface area contributed by atoms with Crippen molar-refractivity contribution in [2.75, 3.05) is 0 Å². The Hall–Kier alpha value is -0.723. The van der Waals surface area contributed by atoms with Gasteiger partial charge in [0.1, 0.15) is 6.10 Å². The molecule has 0 fully saturated rings. The fourth-order valence-electron chi connectivity index (χ4n) is 3.11. The van der Waals surface area contributed by atoms with Crippen LogP contribution in [-0.2, 0) is 14.3 Å². The second-order valence-corrected chi connectivity index (χ2v) is 6.54. The van der Waals surface area contributed by atoms with Gasteiger partial charge in [-0.1, -0.05) is 71.1 Å². The van der Waals surface area contributed by atoms with Crippen molar-refractivity contribution in [3.8, 4) is 0 Å². The third-order valence-corrected chi connectivity index (χ3v) is 4.57. The van der Waals surface area contributed by atoms with E-state index < -0.39 is 18.0 Å². The molecule has 1 atom stereocenters. The van der Waals surface area contributed by atoms with E-state index in [1.807, 2.05) is 0 Å². The zero-order valence-electron chi connectivity index (χ0n) is 15.7. The van der Waals surface area contributed by atoms with Gasteiger partial charge in [-0.3, -0.25) is 0 Å². The molecule has 24 heavy (non-hydrogen) atoms. The molecule has 5 heteroatoms. The minimum Gasteiger partial charge on any atom is -0.545 e. The van der Waals surface area contributed by atoms with Gasteiger partial charge in [0, 0.05) is 11.1 Å². The normalized spacial score (nSPS) is 16.9. The molecule has 0 aromatic rings. The van der Waals surface area contributed by atoms with E-state index in [9.17, 15) is 14.7 Å². The first-order valence-corrected chi connectivity index (χ1v) is 9.21. The maximum absolute atomic E-state index is 11.4.